The number of piperidine rings is 1. The summed E-state index contributed by atoms with van der Waals surface area (Å²) in [4.78, 5) is 18.2. The van der Waals surface area contributed by atoms with Crippen molar-refractivity contribution in [3.05, 3.63) is 24.2 Å². The zero-order chi connectivity index (χ0) is 19.6. The van der Waals surface area contributed by atoms with Crippen molar-refractivity contribution in [2.75, 3.05) is 39.9 Å². The Morgan fingerprint density at radius 2 is 2.18 bits per heavy atom. The number of methoxy groups -OCH3 is 1. The lowest BCUT2D eigenvalue weighted by molar-refractivity contribution is 0.0224. The average Bonchev–Trinajstić information content (AvgIpc) is 3.26. The molecule has 1 amide bonds. The van der Waals surface area contributed by atoms with Crippen LogP contribution in [0.4, 0.5) is 4.79 Å². The number of furan rings is 1. The van der Waals surface area contributed by atoms with E-state index in [4.69, 9.17) is 18.9 Å². The number of nitrogens with one attached hydrogen (secondary N) is 2. The number of guanidine groups is 1. The van der Waals surface area contributed by atoms with E-state index in [1.165, 1.54) is 13.5 Å². The van der Waals surface area contributed by atoms with Crippen LogP contribution in [-0.4, -0.2) is 69.0 Å². The third-order valence-corrected chi connectivity index (χ3v) is 5.24. The van der Waals surface area contributed by atoms with Gasteiger partial charge in [-0.05, 0) is 44.2 Å². The highest BCUT2D eigenvalue weighted by atomic mass is 16.5. The summed E-state index contributed by atoms with van der Waals surface area (Å²) in [5, 5.41) is 6.94. The van der Waals surface area contributed by atoms with Crippen molar-refractivity contribution < 1.29 is 18.7 Å². The monoisotopic (exact) mass is 392 g/mol. The van der Waals surface area contributed by atoms with Crippen LogP contribution in [0.2, 0.25) is 0 Å². The van der Waals surface area contributed by atoms with Crippen molar-refractivity contribution in [1.29, 1.82) is 0 Å². The van der Waals surface area contributed by atoms with Crippen LogP contribution in [0.15, 0.2) is 27.8 Å². The van der Waals surface area contributed by atoms with Gasteiger partial charge < -0.3 is 29.4 Å². The maximum Gasteiger partial charge on any atom is 0.409 e. The zero-order valence-electron chi connectivity index (χ0n) is 16.7. The first-order valence-electron chi connectivity index (χ1n) is 10.3. The molecule has 2 fully saturated rings. The molecule has 8 nitrogen and oxygen atoms in total. The molecule has 1 atom stereocenters. The number of aliphatic imine (C=N–C) groups is 1. The molecule has 0 aliphatic carbocycles. The fourth-order valence-corrected chi connectivity index (χ4v) is 3.58. The van der Waals surface area contributed by atoms with E-state index in [0.717, 1.165) is 57.0 Å². The molecule has 8 heteroatoms. The van der Waals surface area contributed by atoms with Crippen molar-refractivity contribution >= 4 is 12.1 Å². The fraction of sp³-hybridized carbons (Fsp3) is 0.700. The van der Waals surface area contributed by atoms with Crippen LogP contribution < -0.4 is 10.6 Å². The van der Waals surface area contributed by atoms with Gasteiger partial charge in [-0.15, -0.1) is 0 Å². The van der Waals surface area contributed by atoms with Crippen molar-refractivity contribution in [2.45, 2.75) is 50.7 Å². The van der Waals surface area contributed by atoms with Crippen molar-refractivity contribution in [2.24, 2.45) is 4.99 Å². The van der Waals surface area contributed by atoms with Gasteiger partial charge in [-0.3, -0.25) is 4.99 Å². The quantitative estimate of drug-likeness (QED) is 0.570. The molecule has 2 saturated heterocycles. The summed E-state index contributed by atoms with van der Waals surface area (Å²) in [5.41, 5.74) is 0. The largest absolute Gasteiger partial charge is 0.469 e. The number of amides is 1. The predicted molar refractivity (Wildman–Crippen MR) is 106 cm³/mol. The number of rotatable bonds is 6. The third-order valence-electron chi connectivity index (χ3n) is 5.24. The Morgan fingerprint density at radius 3 is 2.86 bits per heavy atom. The summed E-state index contributed by atoms with van der Waals surface area (Å²) in [5.74, 6) is 1.76. The molecule has 0 aromatic carbocycles. The molecule has 156 valence electrons. The highest BCUT2D eigenvalue weighted by Crippen LogP contribution is 2.13. The van der Waals surface area contributed by atoms with Crippen LogP contribution >= 0.6 is 0 Å². The first-order chi connectivity index (χ1) is 13.7. The fourth-order valence-electron chi connectivity index (χ4n) is 3.58. The summed E-state index contributed by atoms with van der Waals surface area (Å²) in [6.45, 7) is 3.62. The lowest BCUT2D eigenvalue weighted by atomic mass is 10.1. The van der Waals surface area contributed by atoms with Crippen molar-refractivity contribution in [1.82, 2.24) is 15.5 Å². The SMILES string of the molecule is COC(=O)N1CCC(NC(=NCC2CCCCO2)NCCc2ccco2)CC1. The molecule has 0 saturated carbocycles. The highest BCUT2D eigenvalue weighted by molar-refractivity contribution is 5.80. The van der Waals surface area contributed by atoms with Crippen molar-refractivity contribution in [3.63, 3.8) is 0 Å². The molecule has 28 heavy (non-hydrogen) atoms. The molecule has 1 aromatic heterocycles. The summed E-state index contributed by atoms with van der Waals surface area (Å²) in [6.07, 6.45) is 7.61. The molecule has 2 N–H and O–H groups in total. The van der Waals surface area contributed by atoms with Gasteiger partial charge in [0.05, 0.1) is 26.0 Å². The van der Waals surface area contributed by atoms with E-state index >= 15 is 0 Å². The lowest BCUT2D eigenvalue weighted by Gasteiger charge is -2.32. The number of carbonyl (C=O) groups excluding carboxylic acids is 1. The van der Waals surface area contributed by atoms with Gasteiger partial charge in [0, 0.05) is 38.7 Å². The lowest BCUT2D eigenvalue weighted by Crippen LogP contribution is -2.50. The van der Waals surface area contributed by atoms with Gasteiger partial charge in [-0.25, -0.2) is 4.79 Å². The summed E-state index contributed by atoms with van der Waals surface area (Å²) < 4.78 is 16.0. The molecule has 3 heterocycles. The molecule has 2 aliphatic rings. The number of ether oxygens (including phenoxy) is 2. The van der Waals surface area contributed by atoms with Crippen LogP contribution in [-0.2, 0) is 15.9 Å². The van der Waals surface area contributed by atoms with Gasteiger partial charge in [0.2, 0.25) is 0 Å². The number of nitrogens with zero attached hydrogens (tertiary/aromatic N) is 2. The molecule has 3 rings (SSSR count). The van der Waals surface area contributed by atoms with Crippen LogP contribution in [0, 0.1) is 0 Å². The smallest absolute Gasteiger partial charge is 0.409 e. The minimum atomic E-state index is -0.252. The molecule has 0 bridgehead atoms. The normalized spacial score (nSPS) is 21.4. The van der Waals surface area contributed by atoms with Crippen molar-refractivity contribution in [3.8, 4) is 0 Å². The Labute approximate surface area is 166 Å². The average molecular weight is 393 g/mol. The Kier molecular flexibility index (Phi) is 8.02. The van der Waals surface area contributed by atoms with Crippen LogP contribution in [0.5, 0.6) is 0 Å². The molecule has 1 aromatic rings. The van der Waals surface area contributed by atoms with Gasteiger partial charge in [-0.1, -0.05) is 0 Å². The summed E-state index contributed by atoms with van der Waals surface area (Å²) >= 11 is 0. The standard InChI is InChI=1S/C20H32N4O4/c1-26-20(25)24-11-8-16(9-12-24)23-19(21-10-7-17-6-4-14-27-17)22-15-18-5-2-3-13-28-18/h4,6,14,16,18H,2-3,5,7-13,15H2,1H3,(H2,21,22,23). The number of likely N-dealkylation sites (tertiary alicyclic amines) is 1. The second-order valence-electron chi connectivity index (χ2n) is 7.31. The summed E-state index contributed by atoms with van der Waals surface area (Å²) in [7, 11) is 1.42. The summed E-state index contributed by atoms with van der Waals surface area (Å²) in [6, 6.07) is 4.16. The van der Waals surface area contributed by atoms with E-state index in [9.17, 15) is 4.79 Å². The van der Waals surface area contributed by atoms with E-state index in [2.05, 4.69) is 10.6 Å². The predicted octanol–water partition coefficient (Wildman–Crippen LogP) is 2.16. The van der Waals surface area contributed by atoms with Gasteiger partial charge in [0.15, 0.2) is 5.96 Å². The number of carbonyl (C=O) groups is 1. The van der Waals surface area contributed by atoms with E-state index in [-0.39, 0.29) is 18.2 Å². The minimum Gasteiger partial charge on any atom is -0.469 e. The van der Waals surface area contributed by atoms with Gasteiger partial charge in [0.1, 0.15) is 5.76 Å². The molecule has 1 unspecified atom stereocenters. The number of hydrogen-bond acceptors (Lipinski definition) is 5. The maximum absolute atomic E-state index is 11.7. The third kappa shape index (κ3) is 6.44. The second kappa shape index (κ2) is 10.9. The second-order valence-corrected chi connectivity index (χ2v) is 7.31. The first kappa shape index (κ1) is 20.5. The van der Waals surface area contributed by atoms with Gasteiger partial charge >= 0.3 is 6.09 Å². The first-order valence-corrected chi connectivity index (χ1v) is 10.3. The highest BCUT2D eigenvalue weighted by Gasteiger charge is 2.24. The van der Waals surface area contributed by atoms with Crippen LogP contribution in [0.1, 0.15) is 37.9 Å². The molecular formula is C20H32N4O4. The van der Waals surface area contributed by atoms with Gasteiger partial charge in [0.25, 0.3) is 0 Å². The molecular weight excluding hydrogens is 360 g/mol. The Bertz CT molecular complexity index is 606. The van der Waals surface area contributed by atoms with E-state index in [1.807, 2.05) is 12.1 Å². The van der Waals surface area contributed by atoms with Gasteiger partial charge in [-0.2, -0.15) is 0 Å². The van der Waals surface area contributed by atoms with E-state index in [0.29, 0.717) is 19.6 Å². The number of hydrogen-bond donors (Lipinski definition) is 2. The Hall–Kier alpha value is -2.22. The molecule has 0 spiro atoms. The zero-order valence-corrected chi connectivity index (χ0v) is 16.7. The van der Waals surface area contributed by atoms with Crippen LogP contribution in [0.3, 0.4) is 0 Å². The van der Waals surface area contributed by atoms with Crippen LogP contribution in [0.25, 0.3) is 0 Å². The van der Waals surface area contributed by atoms with E-state index < -0.39 is 0 Å². The maximum atomic E-state index is 11.7. The topological polar surface area (TPSA) is 88.3 Å². The van der Waals surface area contributed by atoms with E-state index in [1.54, 1.807) is 11.2 Å². The minimum absolute atomic E-state index is 0.207. The molecule has 0 radical (unpaired) electrons. The Balaban J connectivity index is 1.50. The molecule has 2 aliphatic heterocycles. The Morgan fingerprint density at radius 1 is 1.32 bits per heavy atom.